The Labute approximate surface area is 123 Å². The van der Waals surface area contributed by atoms with Crippen LogP contribution in [0.4, 0.5) is 4.39 Å². The highest BCUT2D eigenvalue weighted by atomic mass is 19.1. The number of halogens is 1. The number of carbonyl (C=O) groups excluding carboxylic acids is 1. The number of amides is 1. The highest BCUT2D eigenvalue weighted by molar-refractivity contribution is 5.91. The summed E-state index contributed by atoms with van der Waals surface area (Å²) in [4.78, 5) is 22.8. The zero-order valence-corrected chi connectivity index (χ0v) is 12.2. The van der Waals surface area contributed by atoms with Crippen molar-refractivity contribution in [3.63, 3.8) is 0 Å². The Morgan fingerprint density at radius 1 is 1.38 bits per heavy atom. The van der Waals surface area contributed by atoms with Crippen LogP contribution in [0.25, 0.3) is 0 Å². The van der Waals surface area contributed by atoms with E-state index in [1.165, 1.54) is 19.1 Å². The molecule has 0 aliphatic heterocycles. The van der Waals surface area contributed by atoms with Gasteiger partial charge in [-0.1, -0.05) is 25.8 Å². The minimum absolute atomic E-state index is 0.305. The number of carboxylic acid groups (broad SMARTS) is 1. The molecule has 0 radical (unpaired) electrons. The zero-order chi connectivity index (χ0) is 15.8. The summed E-state index contributed by atoms with van der Waals surface area (Å²) >= 11 is 0. The van der Waals surface area contributed by atoms with Gasteiger partial charge in [0.25, 0.3) is 5.91 Å². The second-order valence-electron chi connectivity index (χ2n) is 4.68. The largest absolute Gasteiger partial charge is 0.478 e. The number of hydrogen-bond acceptors (Lipinski definition) is 3. The number of unbranched alkanes of at least 4 members (excludes halogenated alkanes) is 2. The number of carbonyl (C=O) groups is 2. The molecule has 0 spiro atoms. The molecule has 1 atom stereocenters. The summed E-state index contributed by atoms with van der Waals surface area (Å²) in [6, 6.07) is 3.60. The first-order valence-corrected chi connectivity index (χ1v) is 6.93. The smallest absolute Gasteiger partial charge is 0.339 e. The SMILES string of the molecule is CCCCCNC(=O)C(C)Oc1c(F)cccc1C(=O)O. The van der Waals surface area contributed by atoms with Crippen LogP contribution in [0.5, 0.6) is 5.75 Å². The molecular formula is C15H20FNO4. The summed E-state index contributed by atoms with van der Waals surface area (Å²) < 4.78 is 18.9. The van der Waals surface area contributed by atoms with Crippen LogP contribution in [-0.4, -0.2) is 29.6 Å². The first-order valence-electron chi connectivity index (χ1n) is 6.93. The highest BCUT2D eigenvalue weighted by Gasteiger charge is 2.21. The van der Waals surface area contributed by atoms with Crippen molar-refractivity contribution in [2.24, 2.45) is 0 Å². The lowest BCUT2D eigenvalue weighted by atomic mass is 10.2. The van der Waals surface area contributed by atoms with Crippen molar-refractivity contribution in [3.05, 3.63) is 29.6 Å². The number of aromatic carboxylic acids is 1. The molecule has 1 aromatic carbocycles. The third kappa shape index (κ3) is 5.06. The molecule has 21 heavy (non-hydrogen) atoms. The summed E-state index contributed by atoms with van der Waals surface area (Å²) in [5.41, 5.74) is -0.305. The van der Waals surface area contributed by atoms with Crippen molar-refractivity contribution in [2.45, 2.75) is 39.2 Å². The molecule has 5 nitrogen and oxygen atoms in total. The van der Waals surface area contributed by atoms with Gasteiger partial charge < -0.3 is 15.2 Å². The summed E-state index contributed by atoms with van der Waals surface area (Å²) in [7, 11) is 0. The predicted octanol–water partition coefficient (Wildman–Crippen LogP) is 2.60. The molecule has 0 heterocycles. The van der Waals surface area contributed by atoms with Crippen molar-refractivity contribution < 1.29 is 23.8 Å². The Bertz CT molecular complexity index is 504. The number of ether oxygens (including phenoxy) is 1. The molecule has 0 saturated carbocycles. The average molecular weight is 297 g/mol. The number of benzene rings is 1. The van der Waals surface area contributed by atoms with E-state index in [0.29, 0.717) is 6.54 Å². The molecule has 1 amide bonds. The fraction of sp³-hybridized carbons (Fsp3) is 0.467. The Morgan fingerprint density at radius 2 is 2.10 bits per heavy atom. The fourth-order valence-electron chi connectivity index (χ4n) is 1.76. The third-order valence-electron chi connectivity index (χ3n) is 2.94. The maximum atomic E-state index is 13.7. The standard InChI is InChI=1S/C15H20FNO4/c1-3-4-5-9-17-14(18)10(2)21-13-11(15(19)20)7-6-8-12(13)16/h6-8,10H,3-5,9H2,1-2H3,(H,17,18)(H,19,20). The maximum absolute atomic E-state index is 13.7. The maximum Gasteiger partial charge on any atom is 0.339 e. The van der Waals surface area contributed by atoms with Gasteiger partial charge in [0.05, 0.1) is 0 Å². The second-order valence-corrected chi connectivity index (χ2v) is 4.68. The summed E-state index contributed by atoms with van der Waals surface area (Å²) in [5, 5.41) is 11.7. The van der Waals surface area contributed by atoms with Gasteiger partial charge in [-0.15, -0.1) is 0 Å². The molecule has 1 unspecified atom stereocenters. The van der Waals surface area contributed by atoms with Crippen molar-refractivity contribution in [1.82, 2.24) is 5.32 Å². The number of carboxylic acids is 1. The first-order chi connectivity index (χ1) is 9.97. The van der Waals surface area contributed by atoms with E-state index in [4.69, 9.17) is 9.84 Å². The zero-order valence-electron chi connectivity index (χ0n) is 12.2. The molecule has 1 aromatic rings. The van der Waals surface area contributed by atoms with E-state index in [-0.39, 0.29) is 5.56 Å². The Hall–Kier alpha value is -2.11. The molecule has 0 aliphatic carbocycles. The lowest BCUT2D eigenvalue weighted by Crippen LogP contribution is -2.37. The number of rotatable bonds is 8. The van der Waals surface area contributed by atoms with Gasteiger partial charge in [0.1, 0.15) is 5.56 Å². The second kappa shape index (κ2) is 8.24. The molecular weight excluding hydrogens is 277 g/mol. The van der Waals surface area contributed by atoms with E-state index in [0.717, 1.165) is 25.3 Å². The van der Waals surface area contributed by atoms with Gasteiger partial charge >= 0.3 is 5.97 Å². The van der Waals surface area contributed by atoms with Crippen LogP contribution in [-0.2, 0) is 4.79 Å². The molecule has 1 rings (SSSR count). The molecule has 0 saturated heterocycles. The number of nitrogens with one attached hydrogen (secondary N) is 1. The lowest BCUT2D eigenvalue weighted by Gasteiger charge is -2.16. The predicted molar refractivity (Wildman–Crippen MR) is 76.0 cm³/mol. The molecule has 0 fully saturated rings. The topological polar surface area (TPSA) is 75.6 Å². The van der Waals surface area contributed by atoms with Gasteiger partial charge in [-0.3, -0.25) is 4.79 Å². The van der Waals surface area contributed by atoms with Gasteiger partial charge in [-0.2, -0.15) is 0 Å². The Morgan fingerprint density at radius 3 is 2.71 bits per heavy atom. The Kier molecular flexibility index (Phi) is 6.65. The summed E-state index contributed by atoms with van der Waals surface area (Å²) in [5.74, 6) is -2.92. The number of hydrogen-bond donors (Lipinski definition) is 2. The normalized spacial score (nSPS) is 11.8. The van der Waals surface area contributed by atoms with Crippen LogP contribution < -0.4 is 10.1 Å². The summed E-state index contributed by atoms with van der Waals surface area (Å²) in [6.45, 7) is 4.02. The minimum Gasteiger partial charge on any atom is -0.478 e. The van der Waals surface area contributed by atoms with Gasteiger partial charge in [-0.25, -0.2) is 9.18 Å². The van der Waals surface area contributed by atoms with Crippen molar-refractivity contribution in [3.8, 4) is 5.75 Å². The van der Waals surface area contributed by atoms with Gasteiger partial charge in [0.2, 0.25) is 0 Å². The molecule has 116 valence electrons. The van der Waals surface area contributed by atoms with Crippen molar-refractivity contribution >= 4 is 11.9 Å². The molecule has 0 aromatic heterocycles. The molecule has 0 bridgehead atoms. The van der Waals surface area contributed by atoms with Crippen LogP contribution in [0.1, 0.15) is 43.5 Å². The molecule has 0 aliphatic rings. The molecule has 6 heteroatoms. The van der Waals surface area contributed by atoms with E-state index in [1.54, 1.807) is 0 Å². The van der Waals surface area contributed by atoms with Crippen LogP contribution >= 0.6 is 0 Å². The van der Waals surface area contributed by atoms with E-state index < -0.39 is 29.5 Å². The quantitative estimate of drug-likeness (QED) is 0.723. The van der Waals surface area contributed by atoms with Crippen LogP contribution in [0.3, 0.4) is 0 Å². The third-order valence-corrected chi connectivity index (χ3v) is 2.94. The monoisotopic (exact) mass is 297 g/mol. The minimum atomic E-state index is -1.31. The Balaban J connectivity index is 2.68. The average Bonchev–Trinajstić information content (AvgIpc) is 2.45. The van der Waals surface area contributed by atoms with E-state index in [1.807, 2.05) is 0 Å². The van der Waals surface area contributed by atoms with Crippen LogP contribution in [0.2, 0.25) is 0 Å². The first kappa shape index (κ1) is 16.9. The van der Waals surface area contributed by atoms with E-state index in [9.17, 15) is 14.0 Å². The summed E-state index contributed by atoms with van der Waals surface area (Å²) in [6.07, 6.45) is 1.93. The van der Waals surface area contributed by atoms with E-state index >= 15 is 0 Å². The fourth-order valence-corrected chi connectivity index (χ4v) is 1.76. The number of para-hydroxylation sites is 1. The van der Waals surface area contributed by atoms with Crippen LogP contribution in [0.15, 0.2) is 18.2 Å². The van der Waals surface area contributed by atoms with Crippen molar-refractivity contribution in [1.29, 1.82) is 0 Å². The highest BCUT2D eigenvalue weighted by Crippen LogP contribution is 2.23. The van der Waals surface area contributed by atoms with Gasteiger partial charge in [0, 0.05) is 6.54 Å². The van der Waals surface area contributed by atoms with E-state index in [2.05, 4.69) is 12.2 Å². The van der Waals surface area contributed by atoms with Gasteiger partial charge in [0.15, 0.2) is 17.7 Å². The van der Waals surface area contributed by atoms with Gasteiger partial charge in [-0.05, 0) is 25.5 Å². The van der Waals surface area contributed by atoms with Crippen LogP contribution in [0, 0.1) is 5.82 Å². The lowest BCUT2D eigenvalue weighted by molar-refractivity contribution is -0.127. The molecule has 2 N–H and O–H groups in total. The van der Waals surface area contributed by atoms with Crippen molar-refractivity contribution in [2.75, 3.05) is 6.54 Å².